The molecule has 1 rings (SSSR count). The number of hydrogen-bond donors (Lipinski definition) is 2. The molecule has 0 atom stereocenters. The first kappa shape index (κ1) is 10.6. The first-order valence-corrected chi connectivity index (χ1v) is 4.72. The number of rotatable bonds is 4. The van der Waals surface area contributed by atoms with Crippen LogP contribution in [0.1, 0.15) is 19.0 Å². The van der Waals surface area contributed by atoms with Crippen LogP contribution in [0, 0.1) is 0 Å². The van der Waals surface area contributed by atoms with Gasteiger partial charge in [-0.3, -0.25) is 4.68 Å². The van der Waals surface area contributed by atoms with Gasteiger partial charge >= 0.3 is 6.03 Å². The number of amides is 2. The molecule has 0 radical (unpaired) electrons. The normalized spacial score (nSPS) is 9.86. The second kappa shape index (κ2) is 5.26. The highest BCUT2D eigenvalue weighted by Crippen LogP contribution is 1.94. The number of aromatic nitrogens is 2. The maximum atomic E-state index is 11.2. The number of urea groups is 1. The maximum absolute atomic E-state index is 11.2. The molecule has 1 aromatic heterocycles. The van der Waals surface area contributed by atoms with E-state index in [0.717, 1.165) is 12.1 Å². The minimum atomic E-state index is -0.131. The van der Waals surface area contributed by atoms with Gasteiger partial charge in [0.15, 0.2) is 0 Å². The fraction of sp³-hybridized carbons (Fsp3) is 0.556. The molecule has 14 heavy (non-hydrogen) atoms. The van der Waals surface area contributed by atoms with Crippen molar-refractivity contribution in [2.24, 2.45) is 7.05 Å². The Hall–Kier alpha value is -1.52. The van der Waals surface area contributed by atoms with Crippen molar-refractivity contribution in [1.82, 2.24) is 20.4 Å². The van der Waals surface area contributed by atoms with Crippen LogP contribution < -0.4 is 10.6 Å². The highest BCUT2D eigenvalue weighted by molar-refractivity contribution is 5.73. The van der Waals surface area contributed by atoms with Crippen LogP contribution in [0.2, 0.25) is 0 Å². The molecule has 0 unspecified atom stereocenters. The maximum Gasteiger partial charge on any atom is 0.315 e. The van der Waals surface area contributed by atoms with Crippen molar-refractivity contribution >= 4 is 6.03 Å². The molecule has 0 aliphatic carbocycles. The Balaban J connectivity index is 2.27. The third-order valence-electron chi connectivity index (χ3n) is 1.89. The van der Waals surface area contributed by atoms with Crippen LogP contribution in [-0.2, 0) is 13.6 Å². The lowest BCUT2D eigenvalue weighted by Crippen LogP contribution is -2.35. The fourth-order valence-electron chi connectivity index (χ4n) is 1.05. The van der Waals surface area contributed by atoms with Gasteiger partial charge in [0.1, 0.15) is 0 Å². The highest BCUT2D eigenvalue weighted by Gasteiger charge is 2.01. The molecular weight excluding hydrogens is 180 g/mol. The van der Waals surface area contributed by atoms with Crippen molar-refractivity contribution in [2.75, 3.05) is 6.54 Å². The number of nitrogens with zero attached hydrogens (tertiary/aromatic N) is 2. The molecule has 1 heterocycles. The molecule has 78 valence electrons. The lowest BCUT2D eigenvalue weighted by Gasteiger charge is -2.06. The molecule has 0 fully saturated rings. The Labute approximate surface area is 83.5 Å². The van der Waals surface area contributed by atoms with Crippen LogP contribution in [-0.4, -0.2) is 22.4 Å². The molecule has 2 amide bonds. The zero-order valence-corrected chi connectivity index (χ0v) is 8.58. The van der Waals surface area contributed by atoms with Crippen molar-refractivity contribution in [3.05, 3.63) is 18.0 Å². The SMILES string of the molecule is CCCNC(=O)NCc1ccnn1C. The quantitative estimate of drug-likeness (QED) is 0.742. The van der Waals surface area contributed by atoms with Gasteiger partial charge in [-0.15, -0.1) is 0 Å². The summed E-state index contributed by atoms with van der Waals surface area (Å²) in [6.07, 6.45) is 2.65. The Kier molecular flexibility index (Phi) is 3.97. The zero-order valence-electron chi connectivity index (χ0n) is 8.58. The Bertz CT molecular complexity index is 295. The number of aryl methyl sites for hydroxylation is 1. The van der Waals surface area contributed by atoms with E-state index in [0.29, 0.717) is 13.1 Å². The van der Waals surface area contributed by atoms with Crippen molar-refractivity contribution < 1.29 is 4.79 Å². The first-order chi connectivity index (χ1) is 6.74. The summed E-state index contributed by atoms with van der Waals surface area (Å²) in [5, 5.41) is 9.49. The van der Waals surface area contributed by atoms with E-state index in [1.807, 2.05) is 20.0 Å². The van der Waals surface area contributed by atoms with E-state index < -0.39 is 0 Å². The number of hydrogen-bond acceptors (Lipinski definition) is 2. The summed E-state index contributed by atoms with van der Waals surface area (Å²) >= 11 is 0. The van der Waals surface area contributed by atoms with E-state index in [2.05, 4.69) is 15.7 Å². The van der Waals surface area contributed by atoms with E-state index in [9.17, 15) is 4.79 Å². The van der Waals surface area contributed by atoms with Crippen LogP contribution in [0.4, 0.5) is 4.79 Å². The van der Waals surface area contributed by atoms with Gasteiger partial charge in [-0.1, -0.05) is 6.92 Å². The summed E-state index contributed by atoms with van der Waals surface area (Å²) in [6.45, 7) is 3.23. The van der Waals surface area contributed by atoms with Crippen LogP contribution in [0.5, 0.6) is 0 Å². The molecule has 0 saturated carbocycles. The Morgan fingerprint density at radius 3 is 2.93 bits per heavy atom. The zero-order chi connectivity index (χ0) is 10.4. The van der Waals surface area contributed by atoms with Crippen LogP contribution in [0.25, 0.3) is 0 Å². The van der Waals surface area contributed by atoms with Gasteiger partial charge in [-0.05, 0) is 12.5 Å². The second-order valence-corrected chi connectivity index (χ2v) is 3.06. The van der Waals surface area contributed by atoms with E-state index in [1.165, 1.54) is 0 Å². The molecule has 0 spiro atoms. The molecule has 5 nitrogen and oxygen atoms in total. The van der Waals surface area contributed by atoms with Gasteiger partial charge in [0, 0.05) is 19.8 Å². The van der Waals surface area contributed by atoms with Crippen molar-refractivity contribution in [3.63, 3.8) is 0 Å². The minimum Gasteiger partial charge on any atom is -0.338 e. The number of nitrogens with one attached hydrogen (secondary N) is 2. The second-order valence-electron chi connectivity index (χ2n) is 3.06. The van der Waals surface area contributed by atoms with Crippen LogP contribution >= 0.6 is 0 Å². The first-order valence-electron chi connectivity index (χ1n) is 4.72. The van der Waals surface area contributed by atoms with Crippen LogP contribution in [0.3, 0.4) is 0 Å². The third kappa shape index (κ3) is 3.08. The smallest absolute Gasteiger partial charge is 0.315 e. The summed E-state index contributed by atoms with van der Waals surface area (Å²) in [5.41, 5.74) is 0.983. The van der Waals surface area contributed by atoms with E-state index in [1.54, 1.807) is 10.9 Å². The lowest BCUT2D eigenvalue weighted by atomic mass is 10.4. The molecule has 2 N–H and O–H groups in total. The van der Waals surface area contributed by atoms with Gasteiger partial charge in [0.2, 0.25) is 0 Å². The van der Waals surface area contributed by atoms with Gasteiger partial charge < -0.3 is 10.6 Å². The molecule has 0 aromatic carbocycles. The summed E-state index contributed by atoms with van der Waals surface area (Å²) in [4.78, 5) is 11.2. The molecular formula is C9H16N4O. The van der Waals surface area contributed by atoms with Crippen molar-refractivity contribution in [2.45, 2.75) is 19.9 Å². The van der Waals surface area contributed by atoms with E-state index in [4.69, 9.17) is 0 Å². The molecule has 1 aromatic rings. The lowest BCUT2D eigenvalue weighted by molar-refractivity contribution is 0.240. The predicted molar refractivity (Wildman–Crippen MR) is 53.7 cm³/mol. The summed E-state index contributed by atoms with van der Waals surface area (Å²) < 4.78 is 1.74. The number of carbonyl (C=O) groups is 1. The summed E-state index contributed by atoms with van der Waals surface area (Å²) in [5.74, 6) is 0. The number of carbonyl (C=O) groups excluding carboxylic acids is 1. The minimum absolute atomic E-state index is 0.131. The summed E-state index contributed by atoms with van der Waals surface area (Å²) in [6, 6.07) is 1.74. The van der Waals surface area contributed by atoms with Gasteiger partial charge in [0.05, 0.1) is 12.2 Å². The Morgan fingerprint density at radius 1 is 1.57 bits per heavy atom. The van der Waals surface area contributed by atoms with E-state index >= 15 is 0 Å². The predicted octanol–water partition coefficient (Wildman–Crippen LogP) is 0.629. The van der Waals surface area contributed by atoms with Crippen molar-refractivity contribution in [3.8, 4) is 0 Å². The van der Waals surface area contributed by atoms with Gasteiger partial charge in [0.25, 0.3) is 0 Å². The average molecular weight is 196 g/mol. The average Bonchev–Trinajstić information content (AvgIpc) is 2.58. The molecule has 0 aliphatic rings. The third-order valence-corrected chi connectivity index (χ3v) is 1.89. The summed E-state index contributed by atoms with van der Waals surface area (Å²) in [7, 11) is 1.85. The van der Waals surface area contributed by atoms with Crippen molar-refractivity contribution in [1.29, 1.82) is 0 Å². The molecule has 0 bridgehead atoms. The topological polar surface area (TPSA) is 59.0 Å². The van der Waals surface area contributed by atoms with Crippen LogP contribution in [0.15, 0.2) is 12.3 Å². The highest BCUT2D eigenvalue weighted by atomic mass is 16.2. The monoisotopic (exact) mass is 196 g/mol. The fourth-order valence-corrected chi connectivity index (χ4v) is 1.05. The Morgan fingerprint density at radius 2 is 2.36 bits per heavy atom. The van der Waals surface area contributed by atoms with Gasteiger partial charge in [-0.25, -0.2) is 4.79 Å². The molecule has 0 saturated heterocycles. The largest absolute Gasteiger partial charge is 0.338 e. The molecule has 0 aliphatic heterocycles. The standard InChI is InChI=1S/C9H16N4O/c1-3-5-10-9(14)11-7-8-4-6-12-13(8)2/h4,6H,3,5,7H2,1-2H3,(H2,10,11,14). The molecule has 5 heteroatoms. The van der Waals surface area contributed by atoms with E-state index in [-0.39, 0.29) is 6.03 Å². The van der Waals surface area contributed by atoms with Gasteiger partial charge in [-0.2, -0.15) is 5.10 Å².